The zero-order valence-electron chi connectivity index (χ0n) is 17.7. The standard InChI is InChI=1S/C24H36N2O2/c1-17(2)23(27)22(18-9-5-4-6-10-18)25-24(28)20-12-7-11-19(15-20)21-13-8-14-26(3)16-21/h7,11-12,15,17-18,21-22H,4-6,8-10,13-14,16H2,1-3H3,(H,25,28). The molecule has 4 heteroatoms. The molecule has 3 rings (SSSR count). The fourth-order valence-corrected chi connectivity index (χ4v) is 4.84. The van der Waals surface area contributed by atoms with E-state index in [4.69, 9.17) is 0 Å². The molecule has 1 aliphatic heterocycles. The Labute approximate surface area is 170 Å². The Morgan fingerprint density at radius 3 is 2.50 bits per heavy atom. The summed E-state index contributed by atoms with van der Waals surface area (Å²) < 4.78 is 0. The van der Waals surface area contributed by atoms with Crippen LogP contribution >= 0.6 is 0 Å². The molecule has 2 atom stereocenters. The lowest BCUT2D eigenvalue weighted by Gasteiger charge is -2.31. The van der Waals surface area contributed by atoms with Gasteiger partial charge in [0.1, 0.15) is 0 Å². The van der Waals surface area contributed by atoms with Gasteiger partial charge in [-0.3, -0.25) is 9.59 Å². The van der Waals surface area contributed by atoms with E-state index in [2.05, 4.69) is 23.3 Å². The predicted molar refractivity (Wildman–Crippen MR) is 114 cm³/mol. The second-order valence-electron chi connectivity index (χ2n) is 9.13. The molecule has 28 heavy (non-hydrogen) atoms. The number of carbonyl (C=O) groups is 2. The molecule has 0 aromatic heterocycles. The lowest BCUT2D eigenvalue weighted by molar-refractivity contribution is -0.125. The molecule has 1 amide bonds. The number of hydrogen-bond acceptors (Lipinski definition) is 3. The summed E-state index contributed by atoms with van der Waals surface area (Å²) in [4.78, 5) is 28.3. The van der Waals surface area contributed by atoms with Crippen molar-refractivity contribution in [3.8, 4) is 0 Å². The van der Waals surface area contributed by atoms with Crippen LogP contribution in [0.1, 0.15) is 80.6 Å². The number of rotatable bonds is 6. The second-order valence-corrected chi connectivity index (χ2v) is 9.13. The van der Waals surface area contributed by atoms with Gasteiger partial charge in [-0.25, -0.2) is 0 Å². The largest absolute Gasteiger partial charge is 0.342 e. The first kappa shape index (κ1) is 21.0. The minimum Gasteiger partial charge on any atom is -0.342 e. The van der Waals surface area contributed by atoms with Gasteiger partial charge >= 0.3 is 0 Å². The van der Waals surface area contributed by atoms with E-state index in [1.807, 2.05) is 32.0 Å². The molecule has 2 unspecified atom stereocenters. The molecule has 1 aromatic rings. The Hall–Kier alpha value is -1.68. The first-order valence-corrected chi connectivity index (χ1v) is 11.1. The summed E-state index contributed by atoms with van der Waals surface area (Å²) in [5.74, 6) is 0.776. The molecular weight excluding hydrogens is 348 g/mol. The lowest BCUT2D eigenvalue weighted by Crippen LogP contribution is -2.48. The van der Waals surface area contributed by atoms with Gasteiger partial charge in [0.2, 0.25) is 0 Å². The fraction of sp³-hybridized carbons (Fsp3) is 0.667. The maximum Gasteiger partial charge on any atom is 0.251 e. The number of likely N-dealkylation sites (tertiary alicyclic amines) is 1. The average Bonchev–Trinajstić information content (AvgIpc) is 2.72. The Morgan fingerprint density at radius 2 is 1.82 bits per heavy atom. The summed E-state index contributed by atoms with van der Waals surface area (Å²) in [6.45, 7) is 6.06. The van der Waals surface area contributed by atoms with Gasteiger partial charge in [-0.05, 0) is 68.8 Å². The minimum atomic E-state index is -0.350. The number of nitrogens with zero attached hydrogens (tertiary/aromatic N) is 1. The van der Waals surface area contributed by atoms with E-state index in [0.29, 0.717) is 11.5 Å². The van der Waals surface area contributed by atoms with Crippen molar-refractivity contribution in [1.82, 2.24) is 10.2 Å². The van der Waals surface area contributed by atoms with Crippen molar-refractivity contribution in [2.24, 2.45) is 11.8 Å². The van der Waals surface area contributed by atoms with E-state index in [9.17, 15) is 9.59 Å². The molecule has 1 saturated carbocycles. The highest BCUT2D eigenvalue weighted by molar-refractivity contribution is 5.98. The van der Waals surface area contributed by atoms with Gasteiger partial charge < -0.3 is 10.2 Å². The zero-order chi connectivity index (χ0) is 20.1. The maximum atomic E-state index is 13.1. The third kappa shape index (κ3) is 5.22. The fourth-order valence-electron chi connectivity index (χ4n) is 4.84. The Morgan fingerprint density at radius 1 is 1.07 bits per heavy atom. The van der Waals surface area contributed by atoms with Crippen LogP contribution in [0.4, 0.5) is 0 Å². The quantitative estimate of drug-likeness (QED) is 0.791. The van der Waals surface area contributed by atoms with Gasteiger partial charge in [0, 0.05) is 18.0 Å². The van der Waals surface area contributed by atoms with Crippen LogP contribution in [0.5, 0.6) is 0 Å². The number of carbonyl (C=O) groups excluding carboxylic acids is 2. The summed E-state index contributed by atoms with van der Waals surface area (Å²) >= 11 is 0. The number of hydrogen-bond donors (Lipinski definition) is 1. The van der Waals surface area contributed by atoms with Crippen LogP contribution in [0.3, 0.4) is 0 Å². The van der Waals surface area contributed by atoms with E-state index >= 15 is 0 Å². The molecule has 154 valence electrons. The van der Waals surface area contributed by atoms with E-state index in [1.54, 1.807) is 0 Å². The van der Waals surface area contributed by atoms with Crippen LogP contribution < -0.4 is 5.32 Å². The number of piperidine rings is 1. The smallest absolute Gasteiger partial charge is 0.251 e. The topological polar surface area (TPSA) is 49.4 Å². The van der Waals surface area contributed by atoms with Gasteiger partial charge in [0.05, 0.1) is 6.04 Å². The van der Waals surface area contributed by atoms with Crippen molar-refractivity contribution in [3.05, 3.63) is 35.4 Å². The molecule has 1 N–H and O–H groups in total. The van der Waals surface area contributed by atoms with Crippen molar-refractivity contribution >= 4 is 11.7 Å². The Balaban J connectivity index is 1.74. The van der Waals surface area contributed by atoms with Crippen LogP contribution in [0.2, 0.25) is 0 Å². The first-order valence-electron chi connectivity index (χ1n) is 11.1. The Bertz CT molecular complexity index is 679. The van der Waals surface area contributed by atoms with Gasteiger partial charge in [-0.15, -0.1) is 0 Å². The molecule has 1 aromatic carbocycles. The van der Waals surface area contributed by atoms with Crippen LogP contribution in [-0.2, 0) is 4.79 Å². The molecule has 1 saturated heterocycles. The van der Waals surface area contributed by atoms with Crippen LogP contribution in [0.25, 0.3) is 0 Å². The molecule has 4 nitrogen and oxygen atoms in total. The number of nitrogens with one attached hydrogen (secondary N) is 1. The van der Waals surface area contributed by atoms with Crippen molar-refractivity contribution < 1.29 is 9.59 Å². The number of benzene rings is 1. The van der Waals surface area contributed by atoms with E-state index in [1.165, 1.54) is 24.8 Å². The van der Waals surface area contributed by atoms with Crippen molar-refractivity contribution in [2.45, 2.75) is 70.8 Å². The van der Waals surface area contributed by atoms with Gasteiger partial charge in [-0.1, -0.05) is 45.2 Å². The first-order chi connectivity index (χ1) is 13.5. The highest BCUT2D eigenvalue weighted by Gasteiger charge is 2.32. The van der Waals surface area contributed by atoms with E-state index < -0.39 is 0 Å². The number of ketones is 1. The molecule has 1 heterocycles. The summed E-state index contributed by atoms with van der Waals surface area (Å²) in [5, 5.41) is 3.12. The number of Topliss-reactive ketones (excluding diaryl/α,β-unsaturated/α-hetero) is 1. The minimum absolute atomic E-state index is 0.0589. The molecule has 1 aliphatic carbocycles. The second kappa shape index (κ2) is 9.69. The zero-order valence-corrected chi connectivity index (χ0v) is 17.7. The van der Waals surface area contributed by atoms with E-state index in [-0.39, 0.29) is 29.6 Å². The summed E-state index contributed by atoms with van der Waals surface area (Å²) in [6.07, 6.45) is 8.01. The Kier molecular flexibility index (Phi) is 7.28. The number of amides is 1. The predicted octanol–water partition coefficient (Wildman–Crippen LogP) is 4.40. The van der Waals surface area contributed by atoms with E-state index in [0.717, 1.165) is 38.8 Å². The van der Waals surface area contributed by atoms with Gasteiger partial charge in [0.25, 0.3) is 5.91 Å². The summed E-state index contributed by atoms with van der Waals surface area (Å²) in [5.41, 5.74) is 1.92. The third-order valence-corrected chi connectivity index (χ3v) is 6.53. The van der Waals surface area contributed by atoms with Crippen molar-refractivity contribution in [3.63, 3.8) is 0 Å². The molecule has 0 spiro atoms. The molecule has 2 fully saturated rings. The van der Waals surface area contributed by atoms with Crippen molar-refractivity contribution in [1.29, 1.82) is 0 Å². The monoisotopic (exact) mass is 384 g/mol. The molecule has 0 bridgehead atoms. The van der Waals surface area contributed by atoms with Gasteiger partial charge in [0.15, 0.2) is 5.78 Å². The van der Waals surface area contributed by atoms with Crippen LogP contribution in [0, 0.1) is 11.8 Å². The molecule has 0 radical (unpaired) electrons. The maximum absolute atomic E-state index is 13.1. The summed E-state index contributed by atoms with van der Waals surface area (Å²) in [7, 11) is 2.16. The normalized spacial score (nSPS) is 22.8. The SMILES string of the molecule is CC(C)C(=O)C(NC(=O)c1cccc(C2CCCN(C)C2)c1)C1CCCCC1. The third-order valence-electron chi connectivity index (χ3n) is 6.53. The lowest BCUT2D eigenvalue weighted by atomic mass is 9.80. The average molecular weight is 385 g/mol. The van der Waals surface area contributed by atoms with Crippen LogP contribution in [-0.4, -0.2) is 42.8 Å². The highest BCUT2D eigenvalue weighted by atomic mass is 16.2. The van der Waals surface area contributed by atoms with Gasteiger partial charge in [-0.2, -0.15) is 0 Å². The number of likely N-dealkylation sites (N-methyl/N-ethyl adjacent to an activating group) is 1. The molecule has 2 aliphatic rings. The highest BCUT2D eigenvalue weighted by Crippen LogP contribution is 2.29. The molecular formula is C24H36N2O2. The van der Waals surface area contributed by atoms with Crippen LogP contribution in [0.15, 0.2) is 24.3 Å². The van der Waals surface area contributed by atoms with Crippen molar-refractivity contribution in [2.75, 3.05) is 20.1 Å². The summed E-state index contributed by atoms with van der Waals surface area (Å²) in [6, 6.07) is 7.69.